The van der Waals surface area contributed by atoms with Gasteiger partial charge in [-0.15, -0.1) is 0 Å². The van der Waals surface area contributed by atoms with Crippen LogP contribution in [-0.4, -0.2) is 13.2 Å². The Bertz CT molecular complexity index is 874. The smallest absolute Gasteiger partial charge is 0.119 e. The normalized spacial score (nSPS) is 21.5. The maximum Gasteiger partial charge on any atom is 0.119 e. The van der Waals surface area contributed by atoms with Crippen molar-refractivity contribution in [3.05, 3.63) is 102 Å². The van der Waals surface area contributed by atoms with Crippen LogP contribution in [0.1, 0.15) is 61.8 Å². The number of nitrogens with one attached hydrogen (secondary N) is 1. The van der Waals surface area contributed by atoms with Crippen molar-refractivity contribution >= 4 is 0 Å². The fourth-order valence-corrected chi connectivity index (χ4v) is 5.05. The summed E-state index contributed by atoms with van der Waals surface area (Å²) in [4.78, 5) is 0. The van der Waals surface area contributed by atoms with Gasteiger partial charge in [0.05, 0.1) is 13.2 Å². The number of rotatable bonds is 7. The van der Waals surface area contributed by atoms with Crippen molar-refractivity contribution in [2.24, 2.45) is 0 Å². The predicted molar refractivity (Wildman–Crippen MR) is 125 cm³/mol. The van der Waals surface area contributed by atoms with Crippen LogP contribution in [0.25, 0.3) is 0 Å². The third-order valence-corrected chi connectivity index (χ3v) is 6.97. The van der Waals surface area contributed by atoms with E-state index in [0.717, 1.165) is 5.75 Å². The second-order valence-corrected chi connectivity index (χ2v) is 8.56. The van der Waals surface area contributed by atoms with Gasteiger partial charge in [-0.3, -0.25) is 0 Å². The molecular formula is C28H33NO. The predicted octanol–water partition coefficient (Wildman–Crippen LogP) is 6.66. The number of hydrogen-bond acceptors (Lipinski definition) is 2. The largest absolute Gasteiger partial charge is 0.497 e. The Hall–Kier alpha value is -2.58. The van der Waals surface area contributed by atoms with E-state index >= 15 is 0 Å². The summed E-state index contributed by atoms with van der Waals surface area (Å²) in [5.74, 6) is 0.966. The fourth-order valence-electron chi connectivity index (χ4n) is 5.05. The third kappa shape index (κ3) is 4.44. The molecule has 1 aliphatic rings. The molecule has 30 heavy (non-hydrogen) atoms. The maximum atomic E-state index is 5.49. The first kappa shape index (κ1) is 20.7. The molecule has 1 fully saturated rings. The van der Waals surface area contributed by atoms with Gasteiger partial charge >= 0.3 is 0 Å². The summed E-state index contributed by atoms with van der Waals surface area (Å²) in [5.41, 5.74) is 4.37. The highest BCUT2D eigenvalue weighted by Gasteiger charge is 2.36. The standard InChI is InChI=1S/C28H33NO/c1-3-28(24-15-10-16-26(21-24)30-2)19-17-25(18-20-28)29-27(22-11-6-4-7-12-22)23-13-8-5-9-14-23/h4-16,21,25,27,29H,3,17-20H2,1-2H3/t25-,28-. The van der Waals surface area contributed by atoms with Gasteiger partial charge in [-0.05, 0) is 66.3 Å². The Balaban J connectivity index is 1.51. The first-order valence-electron chi connectivity index (χ1n) is 11.2. The highest BCUT2D eigenvalue weighted by atomic mass is 16.5. The molecule has 2 heteroatoms. The minimum atomic E-state index is 0.239. The van der Waals surface area contributed by atoms with Gasteiger partial charge < -0.3 is 10.1 Å². The summed E-state index contributed by atoms with van der Waals surface area (Å²) >= 11 is 0. The molecule has 0 spiro atoms. The van der Waals surface area contributed by atoms with Crippen molar-refractivity contribution in [2.45, 2.75) is 56.5 Å². The van der Waals surface area contributed by atoms with E-state index in [4.69, 9.17) is 4.74 Å². The summed E-state index contributed by atoms with van der Waals surface area (Å²) < 4.78 is 5.49. The molecule has 3 aromatic carbocycles. The molecule has 3 aromatic rings. The van der Waals surface area contributed by atoms with E-state index in [2.05, 4.69) is 91.1 Å². The minimum absolute atomic E-state index is 0.239. The van der Waals surface area contributed by atoms with E-state index in [9.17, 15) is 0 Å². The quantitative estimate of drug-likeness (QED) is 0.479. The number of benzene rings is 3. The lowest BCUT2D eigenvalue weighted by Crippen LogP contribution is -2.41. The highest BCUT2D eigenvalue weighted by Crippen LogP contribution is 2.43. The van der Waals surface area contributed by atoms with Crippen LogP contribution < -0.4 is 10.1 Å². The van der Waals surface area contributed by atoms with Crippen LogP contribution in [0.3, 0.4) is 0 Å². The highest BCUT2D eigenvalue weighted by molar-refractivity contribution is 5.35. The molecular weight excluding hydrogens is 366 g/mol. The lowest BCUT2D eigenvalue weighted by molar-refractivity contribution is 0.232. The van der Waals surface area contributed by atoms with E-state index in [1.54, 1.807) is 7.11 Å². The zero-order valence-corrected chi connectivity index (χ0v) is 18.2. The molecule has 1 aliphatic carbocycles. The molecule has 0 unspecified atom stereocenters. The van der Waals surface area contributed by atoms with Crippen LogP contribution in [0.15, 0.2) is 84.9 Å². The van der Waals surface area contributed by atoms with Crippen molar-refractivity contribution in [3.63, 3.8) is 0 Å². The van der Waals surface area contributed by atoms with Crippen LogP contribution in [0.5, 0.6) is 5.75 Å². The number of methoxy groups -OCH3 is 1. The first-order valence-corrected chi connectivity index (χ1v) is 11.2. The molecule has 0 bridgehead atoms. The van der Waals surface area contributed by atoms with Gasteiger partial charge in [-0.25, -0.2) is 0 Å². The van der Waals surface area contributed by atoms with E-state index in [0.29, 0.717) is 6.04 Å². The van der Waals surface area contributed by atoms with E-state index in [1.807, 2.05) is 6.07 Å². The second-order valence-electron chi connectivity index (χ2n) is 8.56. The van der Waals surface area contributed by atoms with Gasteiger partial charge in [0.2, 0.25) is 0 Å². The molecule has 0 aromatic heterocycles. The molecule has 1 N–H and O–H groups in total. The van der Waals surface area contributed by atoms with E-state index in [-0.39, 0.29) is 11.5 Å². The fraction of sp³-hybridized carbons (Fsp3) is 0.357. The summed E-state index contributed by atoms with van der Waals surface area (Å²) in [6, 6.07) is 31.2. The Morgan fingerprint density at radius 2 is 1.47 bits per heavy atom. The SMILES string of the molecule is CC[C@]1(c2cccc(OC)c2)CC[C@H](NC(c2ccccc2)c2ccccc2)CC1. The monoisotopic (exact) mass is 399 g/mol. The molecule has 0 aliphatic heterocycles. The van der Waals surface area contributed by atoms with Crippen LogP contribution in [0, 0.1) is 0 Å². The molecule has 0 heterocycles. The van der Waals surface area contributed by atoms with Gasteiger partial charge in [0.15, 0.2) is 0 Å². The Kier molecular flexibility index (Phi) is 6.54. The molecule has 2 nitrogen and oxygen atoms in total. The van der Waals surface area contributed by atoms with Gasteiger partial charge in [0.1, 0.15) is 5.75 Å². The molecule has 4 rings (SSSR count). The summed E-state index contributed by atoms with van der Waals surface area (Å²) in [6.07, 6.45) is 5.99. The zero-order chi connectivity index (χ0) is 20.8. The maximum absolute atomic E-state index is 5.49. The van der Waals surface area contributed by atoms with Crippen molar-refractivity contribution in [3.8, 4) is 5.75 Å². The van der Waals surface area contributed by atoms with Crippen molar-refractivity contribution in [1.29, 1.82) is 0 Å². The van der Waals surface area contributed by atoms with Crippen LogP contribution in [0.4, 0.5) is 0 Å². The zero-order valence-electron chi connectivity index (χ0n) is 18.2. The third-order valence-electron chi connectivity index (χ3n) is 6.97. The molecule has 0 atom stereocenters. The van der Waals surface area contributed by atoms with E-state index in [1.165, 1.54) is 48.8 Å². The van der Waals surface area contributed by atoms with Gasteiger partial charge in [-0.1, -0.05) is 79.7 Å². The van der Waals surface area contributed by atoms with Crippen LogP contribution in [0.2, 0.25) is 0 Å². The van der Waals surface area contributed by atoms with E-state index < -0.39 is 0 Å². The molecule has 0 amide bonds. The number of ether oxygens (including phenoxy) is 1. The van der Waals surface area contributed by atoms with Crippen LogP contribution in [-0.2, 0) is 5.41 Å². The molecule has 0 radical (unpaired) electrons. The van der Waals surface area contributed by atoms with Crippen molar-refractivity contribution in [1.82, 2.24) is 5.32 Å². The Morgan fingerprint density at radius 1 is 0.867 bits per heavy atom. The average Bonchev–Trinajstić information content (AvgIpc) is 2.84. The first-order chi connectivity index (χ1) is 14.7. The van der Waals surface area contributed by atoms with Gasteiger partial charge in [0, 0.05) is 6.04 Å². The summed E-state index contributed by atoms with van der Waals surface area (Å²) in [6.45, 7) is 2.34. The van der Waals surface area contributed by atoms with Gasteiger partial charge in [0.25, 0.3) is 0 Å². The molecule has 0 saturated heterocycles. The molecule has 1 saturated carbocycles. The van der Waals surface area contributed by atoms with Crippen molar-refractivity contribution in [2.75, 3.05) is 7.11 Å². The van der Waals surface area contributed by atoms with Crippen molar-refractivity contribution < 1.29 is 4.74 Å². The number of hydrogen-bond donors (Lipinski definition) is 1. The Labute approximate surface area is 181 Å². The Morgan fingerprint density at radius 3 is 2.00 bits per heavy atom. The summed E-state index contributed by atoms with van der Waals surface area (Å²) in [7, 11) is 1.76. The van der Waals surface area contributed by atoms with Crippen LogP contribution >= 0.6 is 0 Å². The summed E-state index contributed by atoms with van der Waals surface area (Å²) in [5, 5.41) is 4.00. The topological polar surface area (TPSA) is 21.3 Å². The lowest BCUT2D eigenvalue weighted by Gasteiger charge is -2.41. The van der Waals surface area contributed by atoms with Gasteiger partial charge in [-0.2, -0.15) is 0 Å². The minimum Gasteiger partial charge on any atom is -0.497 e. The molecule has 156 valence electrons. The second kappa shape index (κ2) is 9.49. The average molecular weight is 400 g/mol. The lowest BCUT2D eigenvalue weighted by atomic mass is 9.66.